The molecule has 26 heavy (non-hydrogen) atoms. The van der Waals surface area contributed by atoms with Gasteiger partial charge in [-0.25, -0.2) is 0 Å². The molecular weight excluding hydrogens is 348 g/mol. The molecule has 0 aliphatic rings. The van der Waals surface area contributed by atoms with E-state index in [1.807, 2.05) is 0 Å². The zero-order chi connectivity index (χ0) is 18.7. The van der Waals surface area contributed by atoms with Crippen molar-refractivity contribution in [3.63, 3.8) is 0 Å². The lowest BCUT2D eigenvalue weighted by Crippen LogP contribution is -1.97. The molecule has 0 spiro atoms. The first-order chi connectivity index (χ1) is 12.5. The van der Waals surface area contributed by atoms with Crippen LogP contribution in [0.15, 0.2) is 34.0 Å². The van der Waals surface area contributed by atoms with E-state index in [9.17, 15) is 10.1 Å². The number of hydrogen-bond donors (Lipinski definition) is 1. The fourth-order valence-electron chi connectivity index (χ4n) is 1.90. The Morgan fingerprint density at radius 2 is 1.54 bits per heavy atom. The van der Waals surface area contributed by atoms with Crippen LogP contribution in [0.3, 0.4) is 0 Å². The number of aromatic nitrogens is 8. The van der Waals surface area contributed by atoms with Crippen molar-refractivity contribution in [1.29, 1.82) is 0 Å². The molecule has 0 bridgehead atoms. The maximum atomic E-state index is 10.5. The number of nitrogen functional groups attached to an aromatic ring is 1. The standard InChI is InChI=1S/C6H5N5O3.C6H7N5O/c1-10-5(11(12)13)2-4(8-10)6-7-3-14-9-6;1-11-5(7)2-4(9-11)6-8-3-12-10-6/h2-3H,1H3;2-3H,7H2,1H3. The number of aryl methyl sites for hydroxylation is 2. The first kappa shape index (κ1) is 16.7. The van der Waals surface area contributed by atoms with Gasteiger partial charge in [0.05, 0.1) is 6.07 Å². The van der Waals surface area contributed by atoms with Gasteiger partial charge in [-0.3, -0.25) is 4.68 Å². The summed E-state index contributed by atoms with van der Waals surface area (Å²) in [5.74, 6) is 1.12. The summed E-state index contributed by atoms with van der Waals surface area (Å²) in [6.45, 7) is 0. The van der Waals surface area contributed by atoms with Gasteiger partial charge in [0.1, 0.15) is 18.6 Å². The van der Waals surface area contributed by atoms with Gasteiger partial charge >= 0.3 is 5.82 Å². The molecule has 0 aliphatic heterocycles. The number of nitrogens with two attached hydrogens (primary N) is 1. The molecule has 4 rings (SSSR count). The molecule has 0 aliphatic carbocycles. The van der Waals surface area contributed by atoms with Gasteiger partial charge in [0.15, 0.2) is 5.69 Å². The van der Waals surface area contributed by atoms with Crippen LogP contribution < -0.4 is 5.73 Å². The lowest BCUT2D eigenvalue weighted by atomic mass is 10.4. The third kappa shape index (κ3) is 3.37. The van der Waals surface area contributed by atoms with Crippen LogP contribution in [0, 0.1) is 10.1 Å². The van der Waals surface area contributed by atoms with Gasteiger partial charge < -0.3 is 24.9 Å². The summed E-state index contributed by atoms with van der Waals surface area (Å²) in [6, 6.07) is 2.97. The molecule has 14 nitrogen and oxygen atoms in total. The smallest absolute Gasteiger partial charge is 0.345 e. The highest BCUT2D eigenvalue weighted by Crippen LogP contribution is 2.18. The monoisotopic (exact) mass is 360 g/mol. The largest absolute Gasteiger partial charge is 0.384 e. The van der Waals surface area contributed by atoms with Crippen LogP contribution >= 0.6 is 0 Å². The van der Waals surface area contributed by atoms with Crippen LogP contribution in [0.25, 0.3) is 23.0 Å². The van der Waals surface area contributed by atoms with Crippen molar-refractivity contribution in [1.82, 2.24) is 39.8 Å². The fraction of sp³-hybridized carbons (Fsp3) is 0.167. The van der Waals surface area contributed by atoms with E-state index in [0.717, 1.165) is 11.1 Å². The fourth-order valence-corrected chi connectivity index (χ4v) is 1.90. The van der Waals surface area contributed by atoms with Crippen LogP contribution in [-0.2, 0) is 14.1 Å². The van der Waals surface area contributed by atoms with Gasteiger partial charge in [0.2, 0.25) is 24.4 Å². The Morgan fingerprint density at radius 1 is 1.00 bits per heavy atom. The summed E-state index contributed by atoms with van der Waals surface area (Å²) < 4.78 is 11.8. The molecular formula is C12H12N10O4. The SMILES string of the molecule is Cn1nc(-c2ncon2)cc1N.Cn1nc(-c2ncon2)cc1[N+](=O)[O-]. The number of nitrogens with zero attached hydrogens (tertiary/aromatic N) is 9. The zero-order valence-electron chi connectivity index (χ0n) is 13.5. The minimum absolute atomic E-state index is 0.121. The topological polar surface area (TPSA) is 183 Å². The molecule has 4 aromatic rings. The van der Waals surface area contributed by atoms with Crippen LogP contribution in [0.2, 0.25) is 0 Å². The number of anilines is 1. The normalized spacial score (nSPS) is 10.4. The van der Waals surface area contributed by atoms with E-state index in [0.29, 0.717) is 23.0 Å². The summed E-state index contributed by atoms with van der Waals surface area (Å²) >= 11 is 0. The number of rotatable bonds is 3. The van der Waals surface area contributed by atoms with Crippen molar-refractivity contribution in [2.24, 2.45) is 14.1 Å². The molecule has 134 valence electrons. The Bertz CT molecular complexity index is 982. The lowest BCUT2D eigenvalue weighted by molar-refractivity contribution is -0.392. The predicted octanol–water partition coefficient (Wildman–Crippen LogP) is 0.431. The maximum absolute atomic E-state index is 10.5. The molecule has 0 saturated heterocycles. The maximum Gasteiger partial charge on any atom is 0.345 e. The molecule has 0 fully saturated rings. The van der Waals surface area contributed by atoms with Crippen molar-refractivity contribution in [2.75, 3.05) is 5.73 Å². The van der Waals surface area contributed by atoms with Crippen LogP contribution in [0.1, 0.15) is 0 Å². The van der Waals surface area contributed by atoms with E-state index < -0.39 is 4.92 Å². The molecule has 14 heteroatoms. The Labute approximate surface area is 144 Å². The summed E-state index contributed by atoms with van der Waals surface area (Å²) in [6.07, 6.45) is 2.38. The van der Waals surface area contributed by atoms with Gasteiger partial charge in [0.25, 0.3) is 0 Å². The Morgan fingerprint density at radius 3 is 1.92 bits per heavy atom. The summed E-state index contributed by atoms with van der Waals surface area (Å²) in [5, 5.41) is 25.5. The van der Waals surface area contributed by atoms with Gasteiger partial charge in [-0.05, 0) is 4.92 Å². The van der Waals surface area contributed by atoms with Gasteiger partial charge in [-0.15, -0.1) is 4.68 Å². The Kier molecular flexibility index (Phi) is 4.38. The number of nitro groups is 1. The average molecular weight is 360 g/mol. The lowest BCUT2D eigenvalue weighted by Gasteiger charge is -1.89. The first-order valence-corrected chi connectivity index (χ1v) is 6.97. The van der Waals surface area contributed by atoms with Crippen molar-refractivity contribution >= 4 is 11.6 Å². The van der Waals surface area contributed by atoms with Crippen LogP contribution in [-0.4, -0.2) is 44.8 Å². The van der Waals surface area contributed by atoms with Gasteiger partial charge in [0, 0.05) is 13.1 Å². The van der Waals surface area contributed by atoms with Crippen LogP contribution in [0.4, 0.5) is 11.6 Å². The van der Waals surface area contributed by atoms with Crippen molar-refractivity contribution < 1.29 is 14.0 Å². The van der Waals surface area contributed by atoms with E-state index >= 15 is 0 Å². The van der Waals surface area contributed by atoms with E-state index in [4.69, 9.17) is 5.73 Å². The van der Waals surface area contributed by atoms with E-state index in [1.54, 1.807) is 17.8 Å². The predicted molar refractivity (Wildman–Crippen MR) is 84.1 cm³/mol. The second-order valence-corrected chi connectivity index (χ2v) is 4.86. The number of hydrogen-bond acceptors (Lipinski definition) is 11. The molecule has 4 aromatic heterocycles. The van der Waals surface area contributed by atoms with Crippen molar-refractivity contribution in [3.05, 3.63) is 35.0 Å². The van der Waals surface area contributed by atoms with Gasteiger partial charge in [-0.2, -0.15) is 15.1 Å². The first-order valence-electron chi connectivity index (χ1n) is 6.97. The average Bonchev–Trinajstić information content (AvgIpc) is 3.35. The second kappa shape index (κ2) is 6.80. The molecule has 0 atom stereocenters. The molecule has 4 heterocycles. The van der Waals surface area contributed by atoms with Crippen molar-refractivity contribution in [3.8, 4) is 23.0 Å². The highest BCUT2D eigenvalue weighted by Gasteiger charge is 2.18. The molecule has 2 N–H and O–H groups in total. The summed E-state index contributed by atoms with van der Waals surface area (Å²) in [7, 11) is 3.22. The van der Waals surface area contributed by atoms with E-state index in [1.165, 1.54) is 19.5 Å². The zero-order valence-corrected chi connectivity index (χ0v) is 13.5. The second-order valence-electron chi connectivity index (χ2n) is 4.86. The third-order valence-electron chi connectivity index (χ3n) is 3.14. The van der Waals surface area contributed by atoms with Crippen LogP contribution in [0.5, 0.6) is 0 Å². The molecule has 0 saturated carbocycles. The molecule has 0 aromatic carbocycles. The molecule has 0 amide bonds. The minimum Gasteiger partial charge on any atom is -0.384 e. The molecule has 0 unspecified atom stereocenters. The molecule has 0 radical (unpaired) electrons. The quantitative estimate of drug-likeness (QED) is 0.394. The Hall–Kier alpha value is -4.10. The summed E-state index contributed by atoms with van der Waals surface area (Å²) in [5.41, 5.74) is 6.49. The third-order valence-corrected chi connectivity index (χ3v) is 3.14. The van der Waals surface area contributed by atoms with E-state index in [-0.39, 0.29) is 11.6 Å². The highest BCUT2D eigenvalue weighted by atomic mass is 16.6. The van der Waals surface area contributed by atoms with Gasteiger partial charge in [-0.1, -0.05) is 15.4 Å². The highest BCUT2D eigenvalue weighted by molar-refractivity contribution is 5.53. The summed E-state index contributed by atoms with van der Waals surface area (Å²) in [4.78, 5) is 17.5. The minimum atomic E-state index is -0.531. The van der Waals surface area contributed by atoms with Crippen molar-refractivity contribution in [2.45, 2.75) is 0 Å². The Balaban J connectivity index is 0.000000152. The van der Waals surface area contributed by atoms with E-state index in [2.05, 4.69) is 39.5 Å².